The molecule has 5 rings (SSSR count). The van der Waals surface area contributed by atoms with Gasteiger partial charge < -0.3 is 9.47 Å². The first-order chi connectivity index (χ1) is 16.2. The van der Waals surface area contributed by atoms with Gasteiger partial charge in [-0.15, -0.1) is 0 Å². The van der Waals surface area contributed by atoms with Crippen LogP contribution in [0.5, 0.6) is 0 Å². The molecule has 1 heterocycles. The molecule has 0 aromatic heterocycles. The van der Waals surface area contributed by atoms with E-state index in [-0.39, 0.29) is 40.7 Å². The summed E-state index contributed by atoms with van der Waals surface area (Å²) in [5.74, 6) is 2.49. The Hall–Kier alpha value is -1.65. The monoisotopic (exact) mass is 470 g/mol. The van der Waals surface area contributed by atoms with Crippen LogP contribution in [0, 0.1) is 46.3 Å². The molecule has 9 atom stereocenters. The van der Waals surface area contributed by atoms with Crippen molar-refractivity contribution in [3.05, 3.63) is 11.6 Å². The van der Waals surface area contributed by atoms with Gasteiger partial charge in [-0.2, -0.15) is 0 Å². The number of cyclic esters (lactones) is 1. The van der Waals surface area contributed by atoms with Gasteiger partial charge in [-0.1, -0.05) is 26.3 Å². The summed E-state index contributed by atoms with van der Waals surface area (Å²) in [6.45, 7) is 8.67. The highest BCUT2D eigenvalue weighted by molar-refractivity contribution is 5.91. The van der Waals surface area contributed by atoms with Crippen LogP contribution in [-0.4, -0.2) is 30.4 Å². The summed E-state index contributed by atoms with van der Waals surface area (Å²) in [6.07, 6.45) is 12.1. The van der Waals surface area contributed by atoms with Crippen LogP contribution in [0.1, 0.15) is 91.9 Å². The number of allylic oxidation sites excluding steroid dienone is 1. The first-order valence-electron chi connectivity index (χ1n) is 13.7. The summed E-state index contributed by atoms with van der Waals surface area (Å²) >= 11 is 0. The first-order valence-corrected chi connectivity index (χ1v) is 13.7. The average Bonchev–Trinajstić information content (AvgIpc) is 3.19. The second-order valence-corrected chi connectivity index (χ2v) is 12.5. The van der Waals surface area contributed by atoms with Crippen LogP contribution in [0.3, 0.4) is 0 Å². The van der Waals surface area contributed by atoms with E-state index in [0.29, 0.717) is 42.5 Å². The summed E-state index contributed by atoms with van der Waals surface area (Å²) in [4.78, 5) is 36.5. The lowest BCUT2D eigenvalue weighted by Crippen LogP contribution is -2.54. The zero-order valence-corrected chi connectivity index (χ0v) is 21.4. The van der Waals surface area contributed by atoms with E-state index in [1.54, 1.807) is 0 Å². The van der Waals surface area contributed by atoms with Gasteiger partial charge in [0.05, 0.1) is 12.5 Å². The molecule has 1 saturated heterocycles. The van der Waals surface area contributed by atoms with E-state index in [1.807, 2.05) is 13.0 Å². The quantitative estimate of drug-likeness (QED) is 0.496. The Balaban J connectivity index is 1.43. The van der Waals surface area contributed by atoms with Gasteiger partial charge in [-0.3, -0.25) is 14.4 Å². The van der Waals surface area contributed by atoms with Crippen molar-refractivity contribution < 1.29 is 23.9 Å². The molecule has 0 aromatic rings. The summed E-state index contributed by atoms with van der Waals surface area (Å²) < 4.78 is 11.8. The van der Waals surface area contributed by atoms with E-state index in [1.165, 1.54) is 18.9 Å². The average molecular weight is 471 g/mol. The van der Waals surface area contributed by atoms with Crippen molar-refractivity contribution in [2.24, 2.45) is 46.3 Å². The third kappa shape index (κ3) is 3.76. The van der Waals surface area contributed by atoms with Gasteiger partial charge in [-0.05, 0) is 98.9 Å². The van der Waals surface area contributed by atoms with E-state index in [9.17, 15) is 14.4 Å². The fourth-order valence-corrected chi connectivity index (χ4v) is 9.20. The second-order valence-electron chi connectivity index (χ2n) is 12.5. The maximum absolute atomic E-state index is 12.4. The molecule has 3 saturated carbocycles. The minimum Gasteiger partial charge on any atom is -0.465 e. The molecule has 0 aromatic carbocycles. The van der Waals surface area contributed by atoms with Crippen LogP contribution in [-0.2, 0) is 23.9 Å². The molecule has 9 unspecified atom stereocenters. The molecule has 1 aliphatic heterocycles. The van der Waals surface area contributed by atoms with Gasteiger partial charge >= 0.3 is 11.9 Å². The topological polar surface area (TPSA) is 69.7 Å². The Kier molecular flexibility index (Phi) is 6.21. The predicted molar refractivity (Wildman–Crippen MR) is 129 cm³/mol. The molecule has 0 N–H and O–H groups in total. The van der Waals surface area contributed by atoms with Gasteiger partial charge in [0.2, 0.25) is 0 Å². The summed E-state index contributed by atoms with van der Waals surface area (Å²) in [5.41, 5.74) is 1.51. The number of carbonyl (C=O) groups excluding carboxylic acids is 3. The lowest BCUT2D eigenvalue weighted by atomic mass is 9.46. The maximum atomic E-state index is 12.4. The molecule has 0 spiro atoms. The van der Waals surface area contributed by atoms with E-state index in [0.717, 1.165) is 51.4 Å². The van der Waals surface area contributed by atoms with Gasteiger partial charge in [-0.25, -0.2) is 0 Å². The number of hydrogen-bond acceptors (Lipinski definition) is 5. The largest absolute Gasteiger partial charge is 0.465 e. The predicted octanol–water partition coefficient (Wildman–Crippen LogP) is 5.66. The van der Waals surface area contributed by atoms with Crippen LogP contribution in [0.25, 0.3) is 0 Å². The number of hydrogen-bond donors (Lipinski definition) is 0. The molecule has 0 amide bonds. The molecule has 5 nitrogen and oxygen atoms in total. The second kappa shape index (κ2) is 8.78. The highest BCUT2D eigenvalue weighted by Gasteiger charge is 2.62. The van der Waals surface area contributed by atoms with Crippen LogP contribution >= 0.6 is 0 Å². The molecule has 4 fully saturated rings. The number of fused-ring (bicyclic) bond motifs is 5. The maximum Gasteiger partial charge on any atom is 0.308 e. The molecular formula is C29H42O5. The molecule has 0 bridgehead atoms. The Labute approximate surface area is 204 Å². The van der Waals surface area contributed by atoms with E-state index >= 15 is 0 Å². The standard InChI is InChI=1S/C29H42O5/c1-17-5-10-26(34-27(17)32)18(2)23-8-9-25-22-7-6-20-15-21(31)11-13-28(20,4)24(22)12-14-29(23,25)16-33-19(3)30/h15,17-18,22-26H,5-14,16H2,1-4H3. The Bertz CT molecular complexity index is 891. The number of carbonyl (C=O) groups is 3. The van der Waals surface area contributed by atoms with Crippen LogP contribution < -0.4 is 0 Å². The van der Waals surface area contributed by atoms with Crippen molar-refractivity contribution in [3.63, 3.8) is 0 Å². The third-order valence-electron chi connectivity index (χ3n) is 11.1. The molecule has 0 radical (unpaired) electrons. The van der Waals surface area contributed by atoms with Crippen LogP contribution in [0.4, 0.5) is 0 Å². The molecular weight excluding hydrogens is 428 g/mol. The van der Waals surface area contributed by atoms with Crippen LogP contribution in [0.15, 0.2) is 11.6 Å². The van der Waals surface area contributed by atoms with E-state index < -0.39 is 0 Å². The molecule has 5 heteroatoms. The van der Waals surface area contributed by atoms with E-state index in [4.69, 9.17) is 9.47 Å². The fraction of sp³-hybridized carbons (Fsp3) is 0.828. The third-order valence-corrected chi connectivity index (χ3v) is 11.1. The fourth-order valence-electron chi connectivity index (χ4n) is 9.20. The van der Waals surface area contributed by atoms with Gasteiger partial charge in [0.15, 0.2) is 5.78 Å². The highest BCUT2D eigenvalue weighted by atomic mass is 16.5. The minimum atomic E-state index is -0.196. The van der Waals surface area contributed by atoms with Crippen molar-refractivity contribution in [1.29, 1.82) is 0 Å². The number of esters is 2. The zero-order valence-electron chi connectivity index (χ0n) is 21.4. The number of ketones is 1. The molecule has 5 aliphatic rings. The normalized spacial score (nSPS) is 44.8. The Morgan fingerprint density at radius 2 is 1.88 bits per heavy atom. The van der Waals surface area contributed by atoms with Crippen LogP contribution in [0.2, 0.25) is 0 Å². The lowest BCUT2D eigenvalue weighted by Gasteiger charge is -2.59. The van der Waals surface area contributed by atoms with Crippen molar-refractivity contribution in [2.75, 3.05) is 6.61 Å². The highest BCUT2D eigenvalue weighted by Crippen LogP contribution is 2.68. The number of ether oxygens (including phenoxy) is 2. The smallest absolute Gasteiger partial charge is 0.308 e. The van der Waals surface area contributed by atoms with Gasteiger partial charge in [0.25, 0.3) is 0 Å². The summed E-state index contributed by atoms with van der Waals surface area (Å²) in [6, 6.07) is 0. The van der Waals surface area contributed by atoms with Crippen molar-refractivity contribution >= 4 is 17.7 Å². The van der Waals surface area contributed by atoms with Crippen molar-refractivity contribution in [3.8, 4) is 0 Å². The Morgan fingerprint density at radius 3 is 2.62 bits per heavy atom. The minimum absolute atomic E-state index is 0.00201. The van der Waals surface area contributed by atoms with Gasteiger partial charge in [0, 0.05) is 18.8 Å². The molecule has 4 aliphatic carbocycles. The Morgan fingerprint density at radius 1 is 1.09 bits per heavy atom. The van der Waals surface area contributed by atoms with Crippen molar-refractivity contribution in [2.45, 2.75) is 98.0 Å². The molecule has 188 valence electrons. The summed E-state index contributed by atoms with van der Waals surface area (Å²) in [7, 11) is 0. The first kappa shape index (κ1) is 24.1. The summed E-state index contributed by atoms with van der Waals surface area (Å²) in [5, 5.41) is 0. The van der Waals surface area contributed by atoms with E-state index in [2.05, 4.69) is 13.8 Å². The lowest BCUT2D eigenvalue weighted by molar-refractivity contribution is -0.170. The van der Waals surface area contributed by atoms with Gasteiger partial charge in [0.1, 0.15) is 6.10 Å². The van der Waals surface area contributed by atoms with Crippen molar-refractivity contribution in [1.82, 2.24) is 0 Å². The SMILES string of the molecule is CC(=O)OCC12CCC3C(CCC4=CC(=O)CCC43C)C1CCC2C(C)C1CCC(C)C(=O)O1. The zero-order chi connectivity index (χ0) is 24.3. The molecule has 34 heavy (non-hydrogen) atoms. The number of rotatable bonds is 4.